The van der Waals surface area contributed by atoms with Crippen molar-refractivity contribution in [2.75, 3.05) is 5.43 Å². The van der Waals surface area contributed by atoms with Crippen LogP contribution in [0, 0.1) is 20.8 Å². The first-order valence-corrected chi connectivity index (χ1v) is 6.27. The van der Waals surface area contributed by atoms with Crippen LogP contribution in [0.4, 0.5) is 0 Å². The lowest BCUT2D eigenvalue weighted by Gasteiger charge is -2.08. The number of hydrogen-bond acceptors (Lipinski definition) is 1. The van der Waals surface area contributed by atoms with Gasteiger partial charge in [-0.3, -0.25) is 14.9 Å². The smallest absolute Gasteiger partial charge is 0.262 e. The van der Waals surface area contributed by atoms with Gasteiger partial charge < -0.3 is 0 Å². The molecule has 3 heteroatoms. The van der Waals surface area contributed by atoms with Gasteiger partial charge in [-0.15, -0.1) is 0 Å². The number of carbonyl (C=O) groups excluding carboxylic acids is 1. The SMILES string of the molecule is Cc1ccc(/C=C/C(=O)Nn2c(C)ccc2C)cc1. The number of hydrogen-bond donors (Lipinski definition) is 1. The van der Waals surface area contributed by atoms with Crippen LogP contribution < -0.4 is 5.43 Å². The van der Waals surface area contributed by atoms with Gasteiger partial charge in [0.05, 0.1) is 0 Å². The van der Waals surface area contributed by atoms with E-state index in [-0.39, 0.29) is 5.91 Å². The summed E-state index contributed by atoms with van der Waals surface area (Å²) in [6.07, 6.45) is 3.35. The van der Waals surface area contributed by atoms with E-state index < -0.39 is 0 Å². The highest BCUT2D eigenvalue weighted by molar-refractivity contribution is 5.97. The molecule has 2 aromatic rings. The highest BCUT2D eigenvalue weighted by Gasteiger charge is 2.02. The van der Waals surface area contributed by atoms with Crippen LogP contribution in [0.1, 0.15) is 22.5 Å². The minimum atomic E-state index is -0.136. The second kappa shape index (κ2) is 5.57. The maximum Gasteiger partial charge on any atom is 0.262 e. The van der Waals surface area contributed by atoms with Crippen molar-refractivity contribution in [2.24, 2.45) is 0 Å². The van der Waals surface area contributed by atoms with Crippen molar-refractivity contribution in [3.8, 4) is 0 Å². The zero-order chi connectivity index (χ0) is 13.8. The van der Waals surface area contributed by atoms with E-state index >= 15 is 0 Å². The molecule has 2 rings (SSSR count). The molecular formula is C16H18N2O. The van der Waals surface area contributed by atoms with Crippen LogP contribution in [0.2, 0.25) is 0 Å². The molecule has 1 amide bonds. The van der Waals surface area contributed by atoms with E-state index in [0.29, 0.717) is 0 Å². The number of aryl methyl sites for hydroxylation is 3. The molecule has 0 radical (unpaired) electrons. The summed E-state index contributed by atoms with van der Waals surface area (Å²) in [6, 6.07) is 12.0. The molecule has 1 N–H and O–H groups in total. The van der Waals surface area contributed by atoms with Crippen LogP contribution in [0.25, 0.3) is 6.08 Å². The molecule has 0 saturated heterocycles. The fourth-order valence-corrected chi connectivity index (χ4v) is 1.84. The summed E-state index contributed by atoms with van der Waals surface area (Å²) in [5.74, 6) is -0.136. The monoisotopic (exact) mass is 254 g/mol. The average molecular weight is 254 g/mol. The van der Waals surface area contributed by atoms with Gasteiger partial charge in [0, 0.05) is 17.5 Å². The Morgan fingerprint density at radius 2 is 1.58 bits per heavy atom. The van der Waals surface area contributed by atoms with Crippen molar-refractivity contribution >= 4 is 12.0 Å². The lowest BCUT2D eigenvalue weighted by Crippen LogP contribution is -2.22. The quantitative estimate of drug-likeness (QED) is 0.838. The van der Waals surface area contributed by atoms with Gasteiger partial charge in [-0.05, 0) is 44.5 Å². The van der Waals surface area contributed by atoms with Crippen LogP contribution >= 0.6 is 0 Å². The van der Waals surface area contributed by atoms with Gasteiger partial charge >= 0.3 is 0 Å². The number of amides is 1. The molecule has 1 aromatic heterocycles. The molecule has 0 atom stereocenters. The Kier molecular flexibility index (Phi) is 3.85. The largest absolute Gasteiger partial charge is 0.268 e. The molecule has 98 valence electrons. The van der Waals surface area contributed by atoms with Crippen LogP contribution in [0.15, 0.2) is 42.5 Å². The number of aromatic nitrogens is 1. The summed E-state index contributed by atoms with van der Waals surface area (Å²) >= 11 is 0. The fraction of sp³-hybridized carbons (Fsp3) is 0.188. The van der Waals surface area contributed by atoms with Crippen molar-refractivity contribution < 1.29 is 4.79 Å². The standard InChI is InChI=1S/C16H18N2O/c1-12-4-8-15(9-5-12)10-11-16(19)17-18-13(2)6-7-14(18)3/h4-11H,1-3H3,(H,17,19)/b11-10+. The number of nitrogens with one attached hydrogen (secondary N) is 1. The minimum absolute atomic E-state index is 0.136. The summed E-state index contributed by atoms with van der Waals surface area (Å²) in [5, 5.41) is 0. The van der Waals surface area contributed by atoms with Crippen LogP contribution in [-0.2, 0) is 4.79 Å². The molecule has 1 heterocycles. The van der Waals surface area contributed by atoms with E-state index in [4.69, 9.17) is 0 Å². The summed E-state index contributed by atoms with van der Waals surface area (Å²) < 4.78 is 1.78. The summed E-state index contributed by atoms with van der Waals surface area (Å²) in [4.78, 5) is 11.8. The second-order valence-corrected chi connectivity index (χ2v) is 4.67. The number of rotatable bonds is 3. The predicted octanol–water partition coefficient (Wildman–Crippen LogP) is 3.20. The van der Waals surface area contributed by atoms with Crippen LogP contribution in [-0.4, -0.2) is 10.6 Å². The summed E-state index contributed by atoms with van der Waals surface area (Å²) in [6.45, 7) is 5.95. The maximum absolute atomic E-state index is 11.8. The van der Waals surface area contributed by atoms with Gasteiger partial charge in [-0.1, -0.05) is 29.8 Å². The predicted molar refractivity (Wildman–Crippen MR) is 78.5 cm³/mol. The van der Waals surface area contributed by atoms with Crippen molar-refractivity contribution in [2.45, 2.75) is 20.8 Å². The van der Waals surface area contributed by atoms with Gasteiger partial charge in [0.15, 0.2) is 0 Å². The molecule has 3 nitrogen and oxygen atoms in total. The summed E-state index contributed by atoms with van der Waals surface area (Å²) in [7, 11) is 0. The Morgan fingerprint density at radius 1 is 1.00 bits per heavy atom. The van der Waals surface area contributed by atoms with E-state index in [1.165, 1.54) is 5.56 Å². The first kappa shape index (κ1) is 13.1. The van der Waals surface area contributed by atoms with Gasteiger partial charge in [0.25, 0.3) is 5.91 Å². The van der Waals surface area contributed by atoms with Crippen LogP contribution in [0.3, 0.4) is 0 Å². The highest BCUT2D eigenvalue weighted by Crippen LogP contribution is 2.06. The number of nitrogens with zero attached hydrogens (tertiary/aromatic N) is 1. The Bertz CT molecular complexity index is 587. The Hall–Kier alpha value is -2.29. The second-order valence-electron chi connectivity index (χ2n) is 4.67. The van der Waals surface area contributed by atoms with E-state index in [0.717, 1.165) is 17.0 Å². The molecule has 0 aliphatic carbocycles. The average Bonchev–Trinajstić information content (AvgIpc) is 2.70. The maximum atomic E-state index is 11.8. The molecule has 0 aliphatic rings. The zero-order valence-electron chi connectivity index (χ0n) is 11.5. The fourth-order valence-electron chi connectivity index (χ4n) is 1.84. The van der Waals surface area contributed by atoms with E-state index in [2.05, 4.69) is 5.43 Å². The van der Waals surface area contributed by atoms with Gasteiger partial charge in [-0.25, -0.2) is 0 Å². The third-order valence-corrected chi connectivity index (χ3v) is 3.00. The topological polar surface area (TPSA) is 34.0 Å². The third-order valence-electron chi connectivity index (χ3n) is 3.00. The van der Waals surface area contributed by atoms with Gasteiger partial charge in [-0.2, -0.15) is 0 Å². The Balaban J connectivity index is 2.04. The lowest BCUT2D eigenvalue weighted by molar-refractivity contribution is -0.112. The lowest BCUT2D eigenvalue weighted by atomic mass is 10.1. The Morgan fingerprint density at radius 3 is 2.16 bits per heavy atom. The summed E-state index contributed by atoms with van der Waals surface area (Å²) in [5.41, 5.74) is 7.07. The third kappa shape index (κ3) is 3.35. The highest BCUT2D eigenvalue weighted by atomic mass is 16.2. The minimum Gasteiger partial charge on any atom is -0.268 e. The molecular weight excluding hydrogens is 236 g/mol. The zero-order valence-corrected chi connectivity index (χ0v) is 11.5. The molecule has 0 aliphatic heterocycles. The molecule has 0 unspecified atom stereocenters. The number of benzene rings is 1. The van der Waals surface area contributed by atoms with Gasteiger partial charge in [0.2, 0.25) is 0 Å². The first-order chi connectivity index (χ1) is 9.06. The Labute approximate surface area is 113 Å². The molecule has 1 aromatic carbocycles. The van der Waals surface area contributed by atoms with Crippen molar-refractivity contribution in [3.05, 3.63) is 65.0 Å². The van der Waals surface area contributed by atoms with Gasteiger partial charge in [0.1, 0.15) is 0 Å². The van der Waals surface area contributed by atoms with E-state index in [1.807, 2.05) is 63.2 Å². The molecule has 0 spiro atoms. The van der Waals surface area contributed by atoms with E-state index in [9.17, 15) is 4.79 Å². The molecule has 0 fully saturated rings. The first-order valence-electron chi connectivity index (χ1n) is 6.27. The van der Waals surface area contributed by atoms with Crippen LogP contribution in [0.5, 0.6) is 0 Å². The van der Waals surface area contributed by atoms with E-state index in [1.54, 1.807) is 10.8 Å². The molecule has 19 heavy (non-hydrogen) atoms. The van der Waals surface area contributed by atoms with Crippen molar-refractivity contribution in [1.82, 2.24) is 4.68 Å². The number of carbonyl (C=O) groups is 1. The van der Waals surface area contributed by atoms with Crippen molar-refractivity contribution in [1.29, 1.82) is 0 Å². The molecule has 0 bridgehead atoms. The normalized spacial score (nSPS) is 10.9. The molecule has 0 saturated carbocycles. The van der Waals surface area contributed by atoms with Crippen molar-refractivity contribution in [3.63, 3.8) is 0 Å².